The fourth-order valence-electron chi connectivity index (χ4n) is 3.29. The lowest BCUT2D eigenvalue weighted by atomic mass is 9.77. The van der Waals surface area contributed by atoms with Crippen molar-refractivity contribution in [1.82, 2.24) is 15.2 Å². The molecule has 1 saturated heterocycles. The lowest BCUT2D eigenvalue weighted by Crippen LogP contribution is -2.70. The van der Waals surface area contributed by atoms with Crippen LogP contribution >= 0.6 is 11.3 Å². The van der Waals surface area contributed by atoms with E-state index >= 15 is 0 Å². The lowest BCUT2D eigenvalue weighted by molar-refractivity contribution is -0.160. The highest BCUT2D eigenvalue weighted by atomic mass is 32.1. The van der Waals surface area contributed by atoms with Crippen molar-refractivity contribution in [3.8, 4) is 0 Å². The number of amides is 2. The van der Waals surface area contributed by atoms with Crippen molar-refractivity contribution in [2.45, 2.75) is 57.2 Å². The number of carbonyl (C=O) groups is 2. The van der Waals surface area contributed by atoms with E-state index in [0.29, 0.717) is 6.54 Å². The Balaban J connectivity index is 1.94. The summed E-state index contributed by atoms with van der Waals surface area (Å²) in [6, 6.07) is -0.435. The first-order chi connectivity index (χ1) is 9.63. The highest BCUT2D eigenvalue weighted by molar-refractivity contribution is 7.09. The molecule has 2 amide bonds. The molecule has 1 unspecified atom stereocenters. The van der Waals surface area contributed by atoms with Crippen molar-refractivity contribution in [3.63, 3.8) is 0 Å². The second-order valence-corrected chi connectivity index (χ2v) is 6.62. The zero-order valence-corrected chi connectivity index (χ0v) is 12.4. The Labute approximate surface area is 122 Å². The summed E-state index contributed by atoms with van der Waals surface area (Å²) in [5.41, 5.74) is -0.645. The number of thiazole rings is 1. The van der Waals surface area contributed by atoms with Gasteiger partial charge in [-0.05, 0) is 19.8 Å². The molecule has 0 aromatic carbocycles. The SMILES string of the molecule is CC1NC(=O)C2(CCCCC2)N(Cc2nccs2)C1=O. The van der Waals surface area contributed by atoms with Gasteiger partial charge >= 0.3 is 0 Å². The van der Waals surface area contributed by atoms with Gasteiger partial charge in [0.25, 0.3) is 0 Å². The summed E-state index contributed by atoms with van der Waals surface area (Å²) in [5.74, 6) is 0.0301. The van der Waals surface area contributed by atoms with Crippen molar-refractivity contribution in [2.24, 2.45) is 0 Å². The summed E-state index contributed by atoms with van der Waals surface area (Å²) in [4.78, 5) is 31.2. The third kappa shape index (κ3) is 2.12. The topological polar surface area (TPSA) is 62.3 Å². The Kier molecular flexibility index (Phi) is 3.50. The van der Waals surface area contributed by atoms with Crippen molar-refractivity contribution in [2.75, 3.05) is 0 Å². The van der Waals surface area contributed by atoms with Gasteiger partial charge in [0.15, 0.2) is 0 Å². The maximum absolute atomic E-state index is 12.6. The summed E-state index contributed by atoms with van der Waals surface area (Å²) in [7, 11) is 0. The number of nitrogens with one attached hydrogen (secondary N) is 1. The summed E-state index contributed by atoms with van der Waals surface area (Å²) in [5, 5.41) is 5.65. The van der Waals surface area contributed by atoms with Crippen LogP contribution in [0.4, 0.5) is 0 Å². The molecule has 0 bridgehead atoms. The molecule has 2 aliphatic rings. The van der Waals surface area contributed by atoms with Crippen LogP contribution in [-0.2, 0) is 16.1 Å². The number of carbonyl (C=O) groups excluding carboxylic acids is 2. The van der Waals surface area contributed by atoms with Crippen LogP contribution in [0.5, 0.6) is 0 Å². The van der Waals surface area contributed by atoms with Crippen LogP contribution < -0.4 is 5.32 Å². The van der Waals surface area contributed by atoms with E-state index in [2.05, 4.69) is 10.3 Å². The minimum Gasteiger partial charge on any atom is -0.343 e. The Morgan fingerprint density at radius 2 is 2.15 bits per heavy atom. The average Bonchev–Trinajstić information content (AvgIpc) is 2.96. The molecule has 3 rings (SSSR count). The molecule has 1 aromatic heterocycles. The molecule has 1 aliphatic carbocycles. The third-order valence-electron chi connectivity index (χ3n) is 4.38. The van der Waals surface area contributed by atoms with Gasteiger partial charge in [-0.25, -0.2) is 4.98 Å². The van der Waals surface area contributed by atoms with Gasteiger partial charge in [-0.3, -0.25) is 9.59 Å². The number of rotatable bonds is 2. The lowest BCUT2D eigenvalue weighted by Gasteiger charge is -2.49. The van der Waals surface area contributed by atoms with Crippen LogP contribution in [0, 0.1) is 0 Å². The van der Waals surface area contributed by atoms with E-state index in [1.165, 1.54) is 11.3 Å². The quantitative estimate of drug-likeness (QED) is 0.902. The predicted molar refractivity (Wildman–Crippen MR) is 76.1 cm³/mol. The first-order valence-corrected chi connectivity index (χ1v) is 8.02. The summed E-state index contributed by atoms with van der Waals surface area (Å²) in [6.07, 6.45) is 6.42. The Hall–Kier alpha value is -1.43. The highest BCUT2D eigenvalue weighted by Gasteiger charge is 2.51. The number of hydrogen-bond acceptors (Lipinski definition) is 4. The van der Waals surface area contributed by atoms with Crippen LogP contribution in [0.15, 0.2) is 11.6 Å². The minimum absolute atomic E-state index is 0.0147. The van der Waals surface area contributed by atoms with Crippen LogP contribution in [0.2, 0.25) is 0 Å². The van der Waals surface area contributed by atoms with Crippen molar-refractivity contribution in [1.29, 1.82) is 0 Å². The highest BCUT2D eigenvalue weighted by Crippen LogP contribution is 2.37. The van der Waals surface area contributed by atoms with Crippen molar-refractivity contribution >= 4 is 23.2 Å². The molecular weight excluding hydrogens is 274 g/mol. The van der Waals surface area contributed by atoms with Crippen molar-refractivity contribution < 1.29 is 9.59 Å². The number of aromatic nitrogens is 1. The van der Waals surface area contributed by atoms with E-state index in [1.807, 2.05) is 5.38 Å². The molecular formula is C14H19N3O2S. The molecule has 1 spiro atoms. The second kappa shape index (κ2) is 5.16. The largest absolute Gasteiger partial charge is 0.343 e. The molecule has 1 N–H and O–H groups in total. The number of nitrogens with zero attached hydrogens (tertiary/aromatic N) is 2. The monoisotopic (exact) mass is 293 g/mol. The van der Waals surface area contributed by atoms with Crippen LogP contribution in [-0.4, -0.2) is 33.3 Å². The van der Waals surface area contributed by atoms with Gasteiger partial charge in [0.05, 0.1) is 6.54 Å². The molecule has 0 radical (unpaired) electrons. The van der Waals surface area contributed by atoms with Gasteiger partial charge in [0.2, 0.25) is 11.8 Å². The van der Waals surface area contributed by atoms with Gasteiger partial charge < -0.3 is 10.2 Å². The van der Waals surface area contributed by atoms with E-state index in [9.17, 15) is 9.59 Å². The zero-order chi connectivity index (χ0) is 14.2. The van der Waals surface area contributed by atoms with E-state index in [1.54, 1.807) is 18.0 Å². The van der Waals surface area contributed by atoms with Gasteiger partial charge in [-0.1, -0.05) is 19.3 Å². The fourth-order valence-corrected chi connectivity index (χ4v) is 3.89. The summed E-state index contributed by atoms with van der Waals surface area (Å²) >= 11 is 1.53. The van der Waals surface area contributed by atoms with E-state index < -0.39 is 11.6 Å². The molecule has 108 valence electrons. The van der Waals surface area contributed by atoms with E-state index in [4.69, 9.17) is 0 Å². The molecule has 6 heteroatoms. The molecule has 2 heterocycles. The Morgan fingerprint density at radius 3 is 2.80 bits per heavy atom. The standard InChI is InChI=1S/C14H19N3O2S/c1-10-12(18)17(9-11-15-7-8-20-11)14(13(19)16-10)5-3-2-4-6-14/h7-8,10H,2-6,9H2,1H3,(H,16,19). The van der Waals surface area contributed by atoms with Gasteiger partial charge in [-0.2, -0.15) is 0 Å². The number of hydrogen-bond donors (Lipinski definition) is 1. The van der Waals surface area contributed by atoms with Crippen molar-refractivity contribution in [3.05, 3.63) is 16.6 Å². The van der Waals surface area contributed by atoms with Crippen LogP contribution in [0.1, 0.15) is 44.0 Å². The molecule has 1 atom stereocenters. The van der Waals surface area contributed by atoms with Crippen LogP contribution in [0.25, 0.3) is 0 Å². The Bertz CT molecular complexity index is 508. The van der Waals surface area contributed by atoms with E-state index in [0.717, 1.165) is 37.1 Å². The second-order valence-electron chi connectivity index (χ2n) is 5.64. The molecule has 5 nitrogen and oxygen atoms in total. The predicted octanol–water partition coefficient (Wildman–Crippen LogP) is 1.69. The third-order valence-corrected chi connectivity index (χ3v) is 5.15. The van der Waals surface area contributed by atoms with Crippen LogP contribution in [0.3, 0.4) is 0 Å². The van der Waals surface area contributed by atoms with Gasteiger partial charge in [0, 0.05) is 11.6 Å². The zero-order valence-electron chi connectivity index (χ0n) is 11.6. The molecule has 1 saturated carbocycles. The summed E-state index contributed by atoms with van der Waals surface area (Å²) in [6.45, 7) is 2.21. The first-order valence-electron chi connectivity index (χ1n) is 7.14. The van der Waals surface area contributed by atoms with Gasteiger partial charge in [-0.15, -0.1) is 11.3 Å². The number of piperazine rings is 1. The molecule has 2 fully saturated rings. The molecule has 1 aliphatic heterocycles. The molecule has 20 heavy (non-hydrogen) atoms. The minimum atomic E-state index is -0.645. The normalized spacial score (nSPS) is 25.9. The maximum atomic E-state index is 12.6. The van der Waals surface area contributed by atoms with E-state index in [-0.39, 0.29) is 11.8 Å². The van der Waals surface area contributed by atoms with Gasteiger partial charge in [0.1, 0.15) is 16.6 Å². The summed E-state index contributed by atoms with van der Waals surface area (Å²) < 4.78 is 0. The first kappa shape index (κ1) is 13.5. The average molecular weight is 293 g/mol. The Morgan fingerprint density at radius 1 is 1.40 bits per heavy atom. The molecule has 1 aromatic rings. The maximum Gasteiger partial charge on any atom is 0.246 e. The smallest absolute Gasteiger partial charge is 0.246 e. The fraction of sp³-hybridized carbons (Fsp3) is 0.643.